The fourth-order valence-electron chi connectivity index (χ4n) is 4.33. The number of hydrogen-bond acceptors (Lipinski definition) is 3. The standard InChI is InChI=1S/C17H24O3/c1-4-17-8-7-16(2,19)14(15(17)18)10-11-9-12(20-3)5-6-13(11)17/h5-6,9,14-15,18-19H,4,7-8,10H2,1-3H3/t14-,15?,16?,17+/m1/s1. The van der Waals surface area contributed by atoms with E-state index in [0.29, 0.717) is 0 Å². The largest absolute Gasteiger partial charge is 0.497 e. The lowest BCUT2D eigenvalue weighted by molar-refractivity contribution is -0.134. The molecule has 0 aliphatic heterocycles. The Balaban J connectivity index is 2.16. The van der Waals surface area contributed by atoms with Crippen molar-refractivity contribution in [2.24, 2.45) is 5.92 Å². The lowest BCUT2D eigenvalue weighted by atomic mass is 9.52. The molecule has 1 aromatic rings. The first-order chi connectivity index (χ1) is 9.44. The number of aliphatic hydroxyl groups is 2. The molecule has 0 saturated heterocycles. The van der Waals surface area contributed by atoms with Crippen molar-refractivity contribution in [3.63, 3.8) is 0 Å². The second-order valence-corrected chi connectivity index (χ2v) is 6.65. The Kier molecular flexibility index (Phi) is 3.11. The topological polar surface area (TPSA) is 49.7 Å². The lowest BCUT2D eigenvalue weighted by Gasteiger charge is -2.55. The van der Waals surface area contributed by atoms with Gasteiger partial charge in [-0.1, -0.05) is 13.0 Å². The fourth-order valence-corrected chi connectivity index (χ4v) is 4.33. The van der Waals surface area contributed by atoms with Crippen molar-refractivity contribution in [3.05, 3.63) is 29.3 Å². The summed E-state index contributed by atoms with van der Waals surface area (Å²) in [5.74, 6) is 0.764. The Morgan fingerprint density at radius 3 is 2.75 bits per heavy atom. The highest BCUT2D eigenvalue weighted by molar-refractivity contribution is 5.45. The van der Waals surface area contributed by atoms with Gasteiger partial charge in [0.25, 0.3) is 0 Å². The lowest BCUT2D eigenvalue weighted by Crippen LogP contribution is -2.60. The quantitative estimate of drug-likeness (QED) is 0.872. The van der Waals surface area contributed by atoms with E-state index in [1.807, 2.05) is 13.0 Å². The van der Waals surface area contributed by atoms with E-state index in [4.69, 9.17) is 4.74 Å². The number of benzene rings is 1. The van der Waals surface area contributed by atoms with E-state index < -0.39 is 11.7 Å². The van der Waals surface area contributed by atoms with Crippen molar-refractivity contribution >= 4 is 0 Å². The minimum absolute atomic E-state index is 0.0872. The summed E-state index contributed by atoms with van der Waals surface area (Å²) in [5.41, 5.74) is 1.49. The van der Waals surface area contributed by atoms with Gasteiger partial charge in [-0.15, -0.1) is 0 Å². The highest BCUT2D eigenvalue weighted by Crippen LogP contribution is 2.54. The first kappa shape index (κ1) is 13.9. The van der Waals surface area contributed by atoms with Gasteiger partial charge in [-0.25, -0.2) is 0 Å². The summed E-state index contributed by atoms with van der Waals surface area (Å²) in [7, 11) is 1.67. The molecular weight excluding hydrogens is 252 g/mol. The summed E-state index contributed by atoms with van der Waals surface area (Å²) in [6.45, 7) is 4.01. The van der Waals surface area contributed by atoms with Crippen LogP contribution in [-0.4, -0.2) is 29.0 Å². The normalized spacial score (nSPS) is 39.2. The molecule has 0 radical (unpaired) electrons. The molecule has 0 heterocycles. The van der Waals surface area contributed by atoms with Crippen LogP contribution in [0.1, 0.15) is 44.2 Å². The molecule has 1 saturated carbocycles. The second kappa shape index (κ2) is 4.47. The van der Waals surface area contributed by atoms with Crippen LogP contribution in [0.3, 0.4) is 0 Å². The molecule has 0 amide bonds. The third-order valence-electron chi connectivity index (χ3n) is 5.74. The molecule has 110 valence electrons. The maximum absolute atomic E-state index is 10.9. The van der Waals surface area contributed by atoms with Crippen molar-refractivity contribution < 1.29 is 14.9 Å². The Bertz CT molecular complexity index is 523. The third kappa shape index (κ3) is 1.73. The summed E-state index contributed by atoms with van der Waals surface area (Å²) < 4.78 is 5.32. The van der Waals surface area contributed by atoms with Crippen LogP contribution in [0.5, 0.6) is 5.75 Å². The van der Waals surface area contributed by atoms with Crippen molar-refractivity contribution in [1.29, 1.82) is 0 Å². The van der Waals surface area contributed by atoms with Gasteiger partial charge in [-0.2, -0.15) is 0 Å². The van der Waals surface area contributed by atoms with Gasteiger partial charge in [0.15, 0.2) is 0 Å². The van der Waals surface area contributed by atoms with Crippen LogP contribution in [0.4, 0.5) is 0 Å². The zero-order valence-electron chi connectivity index (χ0n) is 12.5. The fraction of sp³-hybridized carbons (Fsp3) is 0.647. The molecule has 1 fully saturated rings. The van der Waals surface area contributed by atoms with Crippen LogP contribution in [0.25, 0.3) is 0 Å². The molecule has 3 nitrogen and oxygen atoms in total. The number of ether oxygens (including phenoxy) is 1. The maximum atomic E-state index is 10.9. The van der Waals surface area contributed by atoms with E-state index in [1.165, 1.54) is 11.1 Å². The molecule has 20 heavy (non-hydrogen) atoms. The van der Waals surface area contributed by atoms with Gasteiger partial charge in [-0.3, -0.25) is 0 Å². The minimum atomic E-state index is -0.779. The first-order valence-electron chi connectivity index (χ1n) is 7.52. The highest BCUT2D eigenvalue weighted by Gasteiger charge is 2.56. The van der Waals surface area contributed by atoms with E-state index in [2.05, 4.69) is 19.1 Å². The van der Waals surface area contributed by atoms with Crippen molar-refractivity contribution in [1.82, 2.24) is 0 Å². The van der Waals surface area contributed by atoms with Gasteiger partial charge >= 0.3 is 0 Å². The Morgan fingerprint density at radius 2 is 2.10 bits per heavy atom. The van der Waals surface area contributed by atoms with E-state index in [0.717, 1.165) is 31.4 Å². The van der Waals surface area contributed by atoms with Crippen molar-refractivity contribution in [2.75, 3.05) is 7.11 Å². The number of methoxy groups -OCH3 is 1. The average Bonchev–Trinajstić information content (AvgIpc) is 2.44. The van der Waals surface area contributed by atoms with Crippen molar-refractivity contribution in [2.45, 2.75) is 56.7 Å². The van der Waals surface area contributed by atoms with Crippen LogP contribution >= 0.6 is 0 Å². The van der Waals surface area contributed by atoms with E-state index in [-0.39, 0.29) is 11.3 Å². The molecule has 3 rings (SSSR count). The smallest absolute Gasteiger partial charge is 0.119 e. The molecule has 2 aliphatic rings. The zero-order chi connectivity index (χ0) is 14.5. The molecule has 2 N–H and O–H groups in total. The number of hydrogen-bond donors (Lipinski definition) is 2. The van der Waals surface area contributed by atoms with Crippen LogP contribution in [0.2, 0.25) is 0 Å². The zero-order valence-corrected chi connectivity index (χ0v) is 12.5. The van der Waals surface area contributed by atoms with Gasteiger partial charge in [0.05, 0.1) is 18.8 Å². The second-order valence-electron chi connectivity index (χ2n) is 6.65. The summed E-state index contributed by atoms with van der Waals surface area (Å²) in [5, 5.41) is 21.5. The Hall–Kier alpha value is -1.06. The van der Waals surface area contributed by atoms with Gasteiger partial charge in [0.2, 0.25) is 0 Å². The first-order valence-corrected chi connectivity index (χ1v) is 7.52. The van der Waals surface area contributed by atoms with E-state index >= 15 is 0 Å². The van der Waals surface area contributed by atoms with Gasteiger partial charge in [-0.05, 0) is 55.9 Å². The molecule has 2 unspecified atom stereocenters. The summed E-state index contributed by atoms with van der Waals surface area (Å²) in [6.07, 6.45) is 2.77. The van der Waals surface area contributed by atoms with Gasteiger partial charge < -0.3 is 14.9 Å². The molecular formula is C17H24O3. The number of aliphatic hydroxyl groups excluding tert-OH is 1. The van der Waals surface area contributed by atoms with Crippen LogP contribution < -0.4 is 4.74 Å². The summed E-state index contributed by atoms with van der Waals surface area (Å²) in [4.78, 5) is 0. The minimum Gasteiger partial charge on any atom is -0.497 e. The summed E-state index contributed by atoms with van der Waals surface area (Å²) in [6, 6.07) is 6.16. The molecule has 2 aliphatic carbocycles. The monoisotopic (exact) mass is 276 g/mol. The summed E-state index contributed by atoms with van der Waals surface area (Å²) >= 11 is 0. The van der Waals surface area contributed by atoms with E-state index in [9.17, 15) is 10.2 Å². The average molecular weight is 276 g/mol. The molecule has 0 spiro atoms. The maximum Gasteiger partial charge on any atom is 0.119 e. The molecule has 4 atom stereocenters. The molecule has 0 aromatic heterocycles. The van der Waals surface area contributed by atoms with Crippen LogP contribution in [-0.2, 0) is 11.8 Å². The van der Waals surface area contributed by atoms with Gasteiger partial charge in [0.1, 0.15) is 5.75 Å². The van der Waals surface area contributed by atoms with Gasteiger partial charge in [0, 0.05) is 11.3 Å². The SMILES string of the molecule is CC[C@]12CCC(C)(O)[C@H](Cc3cc(OC)ccc31)C2O. The van der Waals surface area contributed by atoms with Crippen LogP contribution in [0.15, 0.2) is 18.2 Å². The van der Waals surface area contributed by atoms with Crippen LogP contribution in [0, 0.1) is 5.92 Å². The Labute approximate surface area is 120 Å². The Morgan fingerprint density at radius 1 is 1.35 bits per heavy atom. The predicted octanol–water partition coefficient (Wildman–Crippen LogP) is 2.42. The predicted molar refractivity (Wildman–Crippen MR) is 78.0 cm³/mol. The number of fused-ring (bicyclic) bond motifs is 4. The number of rotatable bonds is 2. The molecule has 3 heteroatoms. The molecule has 2 bridgehead atoms. The highest BCUT2D eigenvalue weighted by atomic mass is 16.5. The third-order valence-corrected chi connectivity index (χ3v) is 5.74. The van der Waals surface area contributed by atoms with Crippen molar-refractivity contribution in [3.8, 4) is 5.75 Å². The van der Waals surface area contributed by atoms with E-state index in [1.54, 1.807) is 7.11 Å². The molecule has 1 aromatic carbocycles.